The number of hydrogen-bond acceptors (Lipinski definition) is 10. The maximum Gasteiger partial charge on any atom is 0.368 e. The fourth-order valence-electron chi connectivity index (χ4n) is 5.76. The van der Waals surface area contributed by atoms with Gasteiger partial charge >= 0.3 is 5.69 Å². The van der Waals surface area contributed by atoms with Crippen LogP contribution in [0.4, 0.5) is 21.8 Å². The van der Waals surface area contributed by atoms with E-state index < -0.39 is 11.5 Å². The minimum atomic E-state index is -0.500. The van der Waals surface area contributed by atoms with Crippen molar-refractivity contribution in [2.75, 3.05) is 30.4 Å². The molecule has 6 rings (SSSR count). The SMILES string of the molecule is Cn1nnn(-c2cc(Nc3ncc(F)c(N[C@H]4CC5CCCN5C(C)(C)C4)n3)ccc2OC2COC2)c1=O. The van der Waals surface area contributed by atoms with Crippen LogP contribution in [0.3, 0.4) is 0 Å². The number of nitrogens with zero attached hydrogens (tertiary/aromatic N) is 7. The first-order valence-corrected chi connectivity index (χ1v) is 13.0. The molecule has 0 amide bonds. The summed E-state index contributed by atoms with van der Waals surface area (Å²) < 4.78 is 28.2. The molecule has 0 radical (unpaired) electrons. The average molecular weight is 526 g/mol. The number of rotatable bonds is 7. The van der Waals surface area contributed by atoms with Gasteiger partial charge in [0.2, 0.25) is 5.95 Å². The minimum Gasteiger partial charge on any atom is -0.483 e. The Bertz CT molecular complexity index is 1390. The fourth-order valence-corrected chi connectivity index (χ4v) is 5.76. The molecule has 3 aliphatic rings. The highest BCUT2D eigenvalue weighted by Gasteiger charge is 2.43. The number of tetrazole rings is 1. The van der Waals surface area contributed by atoms with Crippen molar-refractivity contribution in [3.05, 3.63) is 40.7 Å². The molecule has 3 aromatic rings. The molecule has 202 valence electrons. The Balaban J connectivity index is 1.24. The molecule has 12 nitrogen and oxygen atoms in total. The number of nitrogens with one attached hydrogen (secondary N) is 2. The van der Waals surface area contributed by atoms with Crippen molar-refractivity contribution in [3.63, 3.8) is 0 Å². The molecule has 3 saturated heterocycles. The summed E-state index contributed by atoms with van der Waals surface area (Å²) in [5, 5.41) is 14.2. The van der Waals surface area contributed by atoms with Gasteiger partial charge in [-0.2, -0.15) is 14.3 Å². The summed E-state index contributed by atoms with van der Waals surface area (Å²) in [4.78, 5) is 23.7. The van der Waals surface area contributed by atoms with Crippen molar-refractivity contribution in [3.8, 4) is 11.4 Å². The summed E-state index contributed by atoms with van der Waals surface area (Å²) >= 11 is 0. The lowest BCUT2D eigenvalue weighted by Crippen LogP contribution is -2.55. The van der Waals surface area contributed by atoms with E-state index in [1.807, 2.05) is 0 Å². The van der Waals surface area contributed by atoms with Crippen LogP contribution in [0.25, 0.3) is 5.69 Å². The van der Waals surface area contributed by atoms with Gasteiger partial charge in [0.25, 0.3) is 0 Å². The lowest BCUT2D eigenvalue weighted by atomic mass is 9.84. The van der Waals surface area contributed by atoms with Crippen molar-refractivity contribution in [1.82, 2.24) is 34.7 Å². The molecule has 0 spiro atoms. The van der Waals surface area contributed by atoms with Crippen LogP contribution < -0.4 is 21.1 Å². The summed E-state index contributed by atoms with van der Waals surface area (Å²) in [6, 6.07) is 5.83. The second kappa shape index (κ2) is 9.62. The normalized spacial score (nSPS) is 23.1. The van der Waals surface area contributed by atoms with Crippen molar-refractivity contribution in [1.29, 1.82) is 0 Å². The molecule has 13 heteroatoms. The highest BCUT2D eigenvalue weighted by molar-refractivity contribution is 5.62. The lowest BCUT2D eigenvalue weighted by molar-refractivity contribution is -0.0797. The zero-order chi connectivity index (χ0) is 26.4. The number of fused-ring (bicyclic) bond motifs is 1. The summed E-state index contributed by atoms with van der Waals surface area (Å²) in [5.74, 6) is 0.366. The third-order valence-electron chi connectivity index (χ3n) is 7.61. The van der Waals surface area contributed by atoms with E-state index in [2.05, 4.69) is 49.8 Å². The van der Waals surface area contributed by atoms with E-state index in [0.717, 1.165) is 34.9 Å². The largest absolute Gasteiger partial charge is 0.483 e. The highest BCUT2D eigenvalue weighted by Crippen LogP contribution is 2.38. The third kappa shape index (κ3) is 4.71. The molecule has 0 aliphatic carbocycles. The van der Waals surface area contributed by atoms with Crippen molar-refractivity contribution in [2.24, 2.45) is 7.05 Å². The molecule has 3 aliphatic heterocycles. The Morgan fingerprint density at radius 2 is 2.08 bits per heavy atom. The van der Waals surface area contributed by atoms with E-state index >= 15 is 0 Å². The second-order valence-corrected chi connectivity index (χ2v) is 10.9. The van der Waals surface area contributed by atoms with Gasteiger partial charge in [0.15, 0.2) is 11.6 Å². The summed E-state index contributed by atoms with van der Waals surface area (Å²) in [7, 11) is 1.52. The van der Waals surface area contributed by atoms with Crippen molar-refractivity contribution in [2.45, 2.75) is 63.3 Å². The minimum absolute atomic E-state index is 0.0475. The van der Waals surface area contributed by atoms with Gasteiger partial charge in [-0.3, -0.25) is 4.90 Å². The quantitative estimate of drug-likeness (QED) is 0.475. The van der Waals surface area contributed by atoms with Gasteiger partial charge in [0.05, 0.1) is 19.4 Å². The summed E-state index contributed by atoms with van der Waals surface area (Å²) in [5.41, 5.74) is 0.614. The molecule has 5 heterocycles. The number of hydrogen-bond donors (Lipinski definition) is 2. The van der Waals surface area contributed by atoms with E-state index in [9.17, 15) is 9.18 Å². The first-order valence-electron chi connectivity index (χ1n) is 13.0. The topological polar surface area (TPSA) is 124 Å². The van der Waals surface area contributed by atoms with E-state index in [1.54, 1.807) is 18.2 Å². The molecule has 2 atom stereocenters. The molecule has 2 N–H and O–H groups in total. The monoisotopic (exact) mass is 525 g/mol. The smallest absolute Gasteiger partial charge is 0.368 e. The predicted octanol–water partition coefficient (Wildman–Crippen LogP) is 2.23. The molecule has 0 saturated carbocycles. The van der Waals surface area contributed by atoms with Crippen LogP contribution >= 0.6 is 0 Å². The highest BCUT2D eigenvalue weighted by atomic mass is 19.1. The Morgan fingerprint density at radius 1 is 1.24 bits per heavy atom. The van der Waals surface area contributed by atoms with Crippen molar-refractivity contribution < 1.29 is 13.9 Å². The number of aromatic nitrogens is 6. The van der Waals surface area contributed by atoms with Crippen LogP contribution in [0, 0.1) is 5.82 Å². The van der Waals surface area contributed by atoms with Gasteiger partial charge in [-0.05, 0) is 74.7 Å². The van der Waals surface area contributed by atoms with Gasteiger partial charge in [-0.15, -0.1) is 0 Å². The maximum atomic E-state index is 14.8. The van der Waals surface area contributed by atoms with E-state index in [-0.39, 0.29) is 29.5 Å². The fraction of sp³-hybridized carbons (Fsp3) is 0.560. The number of piperidine rings is 1. The van der Waals surface area contributed by atoms with Gasteiger partial charge in [0, 0.05) is 30.4 Å². The van der Waals surface area contributed by atoms with E-state index in [4.69, 9.17) is 9.47 Å². The maximum absolute atomic E-state index is 14.8. The first-order chi connectivity index (χ1) is 18.3. The van der Waals surface area contributed by atoms with Gasteiger partial charge in [-0.25, -0.2) is 14.2 Å². The number of halogens is 1. The van der Waals surface area contributed by atoms with Gasteiger partial charge in [-0.1, -0.05) is 0 Å². The van der Waals surface area contributed by atoms with Gasteiger partial charge < -0.3 is 20.1 Å². The Labute approximate surface area is 219 Å². The molecule has 38 heavy (non-hydrogen) atoms. The molecule has 3 fully saturated rings. The molecule has 1 unspecified atom stereocenters. The lowest BCUT2D eigenvalue weighted by Gasteiger charge is -2.47. The number of aryl methyl sites for hydroxylation is 1. The number of benzene rings is 1. The van der Waals surface area contributed by atoms with Crippen LogP contribution in [0.2, 0.25) is 0 Å². The zero-order valence-corrected chi connectivity index (χ0v) is 21.7. The molecular weight excluding hydrogens is 493 g/mol. The van der Waals surface area contributed by atoms with Crippen LogP contribution in [0.15, 0.2) is 29.2 Å². The number of ether oxygens (including phenoxy) is 2. The molecule has 1 aromatic carbocycles. The molecule has 0 bridgehead atoms. The summed E-state index contributed by atoms with van der Waals surface area (Å²) in [6.07, 6.45) is 5.30. The number of anilines is 3. The van der Waals surface area contributed by atoms with E-state index in [0.29, 0.717) is 36.4 Å². The average Bonchev–Trinajstić information content (AvgIpc) is 3.46. The van der Waals surface area contributed by atoms with Crippen LogP contribution in [-0.4, -0.2) is 78.1 Å². The standard InChI is InChI=1S/C25H32FN9O3/c1-25(2)11-16(9-17-5-4-8-34(17)25)28-22-19(26)12-27-23(30-22)29-15-6-7-21(38-18-13-37-14-18)20(10-15)35-24(36)33(3)31-32-35/h6-7,10,12,16-18H,4-5,8-9,11,13-14H2,1-3H3,(H2,27,28,29,30)/t16-,17?/m0/s1. The van der Waals surface area contributed by atoms with E-state index in [1.165, 1.54) is 19.9 Å². The molecular formula is C25H32FN9O3. The summed E-state index contributed by atoms with van der Waals surface area (Å²) in [6.45, 7) is 6.60. The van der Waals surface area contributed by atoms with Crippen LogP contribution in [0.1, 0.15) is 39.5 Å². The third-order valence-corrected chi connectivity index (χ3v) is 7.61. The first kappa shape index (κ1) is 24.7. The second-order valence-electron chi connectivity index (χ2n) is 10.9. The van der Waals surface area contributed by atoms with Gasteiger partial charge in [0.1, 0.15) is 17.5 Å². The van der Waals surface area contributed by atoms with Crippen molar-refractivity contribution >= 4 is 17.5 Å². The molecule has 2 aromatic heterocycles. The van der Waals surface area contributed by atoms with Crippen LogP contribution in [0.5, 0.6) is 5.75 Å². The zero-order valence-electron chi connectivity index (χ0n) is 21.7. The van der Waals surface area contributed by atoms with Crippen LogP contribution in [-0.2, 0) is 11.8 Å². The predicted molar refractivity (Wildman–Crippen MR) is 138 cm³/mol. The Kier molecular flexibility index (Phi) is 6.26. The Morgan fingerprint density at radius 3 is 2.82 bits per heavy atom. The Hall–Kier alpha value is -3.58.